The molecule has 1 fully saturated rings. The molecule has 3 aromatic rings. The Kier molecular flexibility index (Phi) is 7.41. The number of hydrogen-bond donors (Lipinski definition) is 1. The average Bonchev–Trinajstić information content (AvgIpc) is 3.63. The molecule has 1 N–H and O–H groups in total. The number of ether oxygens (including phenoxy) is 2. The normalized spacial score (nSPS) is 19.1. The summed E-state index contributed by atoms with van der Waals surface area (Å²) in [7, 11) is 4.18. The first-order valence-electron chi connectivity index (χ1n) is 14.1. The van der Waals surface area contributed by atoms with Gasteiger partial charge in [0.1, 0.15) is 19.0 Å². The van der Waals surface area contributed by atoms with Crippen molar-refractivity contribution in [1.82, 2.24) is 19.8 Å². The van der Waals surface area contributed by atoms with E-state index < -0.39 is 0 Å². The number of nitrogens with zero attached hydrogens (tertiary/aromatic N) is 6. The zero-order chi connectivity index (χ0) is 26.8. The molecule has 3 aliphatic heterocycles. The van der Waals surface area contributed by atoms with Crippen molar-refractivity contribution in [3.05, 3.63) is 53.2 Å². The van der Waals surface area contributed by atoms with Gasteiger partial charge in [0.15, 0.2) is 0 Å². The SMILES string of the molecule is Cc1cccc2cccc(N3CCc4c(nc(OC[C@@H]5CCCN5C)nc4NCCN(C)C4=NCCO4)C3)c12. The van der Waals surface area contributed by atoms with Crippen molar-refractivity contribution in [2.45, 2.75) is 38.8 Å². The fraction of sp³-hybridized carbons (Fsp3) is 0.500. The predicted molar refractivity (Wildman–Crippen MR) is 156 cm³/mol. The number of anilines is 2. The van der Waals surface area contributed by atoms with Crippen molar-refractivity contribution in [3.63, 3.8) is 0 Å². The maximum Gasteiger partial charge on any atom is 0.318 e. The van der Waals surface area contributed by atoms with Crippen LogP contribution in [0.4, 0.5) is 11.5 Å². The lowest BCUT2D eigenvalue weighted by atomic mass is 10.00. The van der Waals surface area contributed by atoms with Crippen LogP contribution in [0.5, 0.6) is 6.01 Å². The zero-order valence-corrected chi connectivity index (χ0v) is 23.3. The summed E-state index contributed by atoms with van der Waals surface area (Å²) < 4.78 is 11.8. The molecular formula is C30H39N7O2. The summed E-state index contributed by atoms with van der Waals surface area (Å²) in [4.78, 5) is 21.1. The van der Waals surface area contributed by atoms with E-state index in [2.05, 4.69) is 70.5 Å². The molecule has 0 saturated carbocycles. The van der Waals surface area contributed by atoms with Crippen molar-refractivity contribution in [1.29, 1.82) is 0 Å². The van der Waals surface area contributed by atoms with Gasteiger partial charge in [0, 0.05) is 49.4 Å². The summed E-state index contributed by atoms with van der Waals surface area (Å²) in [6.45, 7) is 8.45. The van der Waals surface area contributed by atoms with Gasteiger partial charge in [-0.15, -0.1) is 0 Å². The number of aromatic nitrogens is 2. The predicted octanol–water partition coefficient (Wildman–Crippen LogP) is 3.70. The van der Waals surface area contributed by atoms with E-state index in [9.17, 15) is 0 Å². The number of aliphatic imine (C=N–C) groups is 1. The molecule has 0 bridgehead atoms. The molecule has 9 nitrogen and oxygen atoms in total. The van der Waals surface area contributed by atoms with Crippen LogP contribution in [0.15, 0.2) is 41.4 Å². The number of aryl methyl sites for hydroxylation is 1. The third-order valence-corrected chi connectivity index (χ3v) is 8.19. The maximum atomic E-state index is 6.23. The summed E-state index contributed by atoms with van der Waals surface area (Å²) in [5.41, 5.74) is 4.78. The van der Waals surface area contributed by atoms with E-state index in [1.165, 1.54) is 34.0 Å². The molecule has 1 saturated heterocycles. The fourth-order valence-corrected chi connectivity index (χ4v) is 5.95. The molecule has 0 radical (unpaired) electrons. The number of amidine groups is 1. The van der Waals surface area contributed by atoms with Crippen molar-refractivity contribution >= 4 is 28.3 Å². The number of likely N-dealkylation sites (N-methyl/N-ethyl adjacent to an activating group) is 2. The van der Waals surface area contributed by atoms with Crippen LogP contribution in [0.1, 0.15) is 29.7 Å². The molecule has 9 heteroatoms. The highest BCUT2D eigenvalue weighted by atomic mass is 16.5. The lowest BCUT2D eigenvalue weighted by molar-refractivity contribution is 0.187. The first-order valence-corrected chi connectivity index (χ1v) is 14.1. The minimum absolute atomic E-state index is 0.414. The second kappa shape index (κ2) is 11.3. The Bertz CT molecular complexity index is 1360. The summed E-state index contributed by atoms with van der Waals surface area (Å²) in [6, 6.07) is 14.7. The molecule has 6 rings (SSSR count). The first kappa shape index (κ1) is 25.7. The van der Waals surface area contributed by atoms with Crippen LogP contribution in [0.3, 0.4) is 0 Å². The molecule has 0 unspecified atom stereocenters. The summed E-state index contributed by atoms with van der Waals surface area (Å²) in [6.07, 6.45) is 3.24. The molecule has 4 heterocycles. The van der Waals surface area contributed by atoms with Crippen LogP contribution in [-0.2, 0) is 17.7 Å². The molecule has 1 atom stereocenters. The summed E-state index contributed by atoms with van der Waals surface area (Å²) in [5.74, 6) is 0.881. The summed E-state index contributed by atoms with van der Waals surface area (Å²) in [5, 5.41) is 6.17. The molecule has 3 aliphatic rings. The van der Waals surface area contributed by atoms with Crippen LogP contribution in [0.2, 0.25) is 0 Å². The Balaban J connectivity index is 1.25. The number of benzene rings is 2. The Morgan fingerprint density at radius 1 is 1.15 bits per heavy atom. The molecule has 2 aromatic carbocycles. The minimum Gasteiger partial charge on any atom is -0.463 e. The van der Waals surface area contributed by atoms with Crippen molar-refractivity contribution < 1.29 is 9.47 Å². The number of rotatable bonds is 8. The third kappa shape index (κ3) is 5.45. The molecule has 0 spiro atoms. The van der Waals surface area contributed by atoms with Gasteiger partial charge in [-0.05, 0) is 56.8 Å². The first-order chi connectivity index (χ1) is 19.1. The van der Waals surface area contributed by atoms with Crippen LogP contribution < -0.4 is 15.0 Å². The largest absolute Gasteiger partial charge is 0.463 e. The van der Waals surface area contributed by atoms with Gasteiger partial charge < -0.3 is 29.5 Å². The number of fused-ring (bicyclic) bond motifs is 2. The highest BCUT2D eigenvalue weighted by molar-refractivity contribution is 5.97. The van der Waals surface area contributed by atoms with Gasteiger partial charge in [-0.2, -0.15) is 9.97 Å². The van der Waals surface area contributed by atoms with Crippen molar-refractivity contribution in [3.8, 4) is 6.01 Å². The monoisotopic (exact) mass is 529 g/mol. The Hall–Kier alpha value is -3.59. The van der Waals surface area contributed by atoms with E-state index in [0.29, 0.717) is 31.3 Å². The van der Waals surface area contributed by atoms with Crippen LogP contribution in [0, 0.1) is 6.92 Å². The van der Waals surface area contributed by atoms with Crippen LogP contribution in [-0.4, -0.2) is 91.9 Å². The summed E-state index contributed by atoms with van der Waals surface area (Å²) >= 11 is 0. The van der Waals surface area contributed by atoms with Gasteiger partial charge in [-0.1, -0.05) is 30.3 Å². The zero-order valence-electron chi connectivity index (χ0n) is 23.3. The van der Waals surface area contributed by atoms with E-state index in [-0.39, 0.29) is 0 Å². The Labute approximate surface area is 230 Å². The molecular weight excluding hydrogens is 490 g/mol. The van der Waals surface area contributed by atoms with Gasteiger partial charge in [0.05, 0.1) is 18.8 Å². The molecule has 39 heavy (non-hydrogen) atoms. The van der Waals surface area contributed by atoms with Crippen molar-refractivity contribution in [2.24, 2.45) is 4.99 Å². The lowest BCUT2D eigenvalue weighted by Crippen LogP contribution is -2.34. The molecule has 0 aliphatic carbocycles. The minimum atomic E-state index is 0.414. The van der Waals surface area contributed by atoms with E-state index in [1.54, 1.807) is 0 Å². The Morgan fingerprint density at radius 2 is 2.03 bits per heavy atom. The number of likely N-dealkylation sites (tertiary alicyclic amines) is 1. The van der Waals surface area contributed by atoms with Gasteiger partial charge in [-0.3, -0.25) is 0 Å². The molecule has 1 aromatic heterocycles. The van der Waals surface area contributed by atoms with E-state index in [4.69, 9.17) is 19.4 Å². The topological polar surface area (TPSA) is 78.4 Å². The average molecular weight is 530 g/mol. The van der Waals surface area contributed by atoms with Gasteiger partial charge in [0.25, 0.3) is 6.02 Å². The van der Waals surface area contributed by atoms with E-state index in [1.807, 2.05) is 11.9 Å². The highest BCUT2D eigenvalue weighted by Gasteiger charge is 2.26. The van der Waals surface area contributed by atoms with Gasteiger partial charge in [0.2, 0.25) is 0 Å². The quantitative estimate of drug-likeness (QED) is 0.473. The van der Waals surface area contributed by atoms with E-state index >= 15 is 0 Å². The lowest BCUT2D eigenvalue weighted by Gasteiger charge is -2.32. The van der Waals surface area contributed by atoms with E-state index in [0.717, 1.165) is 63.6 Å². The maximum absolute atomic E-state index is 6.23. The third-order valence-electron chi connectivity index (χ3n) is 8.19. The van der Waals surface area contributed by atoms with Gasteiger partial charge >= 0.3 is 6.01 Å². The standard InChI is InChI=1S/C30H39N7O2/c1-21-7-4-8-22-9-5-11-26(27(21)22)37-16-12-24-25(19-37)33-29(39-20-23-10-6-15-35(23)2)34-28(24)31-13-17-36(3)30-32-14-18-38-30/h4-5,7-9,11,23H,6,10,12-20H2,1-3H3,(H,31,33,34)/t23-/m0/s1. The molecule has 0 amide bonds. The second-order valence-corrected chi connectivity index (χ2v) is 10.9. The van der Waals surface area contributed by atoms with Crippen molar-refractivity contribution in [2.75, 3.05) is 70.2 Å². The van der Waals surface area contributed by atoms with Crippen LogP contribution in [0.25, 0.3) is 10.8 Å². The molecule has 206 valence electrons. The fourth-order valence-electron chi connectivity index (χ4n) is 5.95. The number of nitrogens with one attached hydrogen (secondary N) is 1. The Morgan fingerprint density at radius 3 is 2.82 bits per heavy atom. The van der Waals surface area contributed by atoms with Gasteiger partial charge in [-0.25, -0.2) is 4.99 Å². The smallest absolute Gasteiger partial charge is 0.318 e. The van der Waals surface area contributed by atoms with Crippen LogP contribution >= 0.6 is 0 Å². The number of hydrogen-bond acceptors (Lipinski definition) is 9. The highest BCUT2D eigenvalue weighted by Crippen LogP contribution is 2.34. The second-order valence-electron chi connectivity index (χ2n) is 10.9.